The van der Waals surface area contributed by atoms with Gasteiger partial charge in [-0.1, -0.05) is 6.07 Å². The number of para-hydroxylation sites is 1. The van der Waals surface area contributed by atoms with Gasteiger partial charge in [-0.3, -0.25) is 4.55 Å². The molecule has 1 aliphatic rings. The van der Waals surface area contributed by atoms with E-state index in [1.807, 2.05) is 0 Å². The molecule has 0 spiro atoms. The fourth-order valence-corrected chi connectivity index (χ4v) is 1.89. The molecule has 1 aromatic rings. The molecule has 0 radical (unpaired) electrons. The van der Waals surface area contributed by atoms with E-state index in [1.54, 1.807) is 6.07 Å². The summed E-state index contributed by atoms with van der Waals surface area (Å²) < 4.78 is 41.0. The topological polar surface area (TPSA) is 72.8 Å². The van der Waals surface area contributed by atoms with Gasteiger partial charge >= 0.3 is 0 Å². The van der Waals surface area contributed by atoms with Crippen LogP contribution in [0.5, 0.6) is 11.5 Å². The maximum atomic E-state index is 10.9. The van der Waals surface area contributed by atoms with Crippen LogP contribution in [-0.4, -0.2) is 26.2 Å². The van der Waals surface area contributed by atoms with Crippen molar-refractivity contribution in [3.05, 3.63) is 18.2 Å². The molecule has 0 atom stereocenters. The van der Waals surface area contributed by atoms with Gasteiger partial charge < -0.3 is 9.47 Å². The first-order valence-electron chi connectivity index (χ1n) is 3.95. The van der Waals surface area contributed by atoms with Gasteiger partial charge in [0.15, 0.2) is 11.5 Å². The van der Waals surface area contributed by atoms with Gasteiger partial charge in [0.05, 0.1) is 0 Å². The highest BCUT2D eigenvalue weighted by molar-refractivity contribution is 7.86. The molecule has 0 amide bonds. The maximum absolute atomic E-state index is 10.9. The molecule has 1 aliphatic heterocycles. The molecule has 14 heavy (non-hydrogen) atoms. The van der Waals surface area contributed by atoms with Gasteiger partial charge in [0.25, 0.3) is 10.1 Å². The van der Waals surface area contributed by atoms with Crippen molar-refractivity contribution in [3.63, 3.8) is 0 Å². The van der Waals surface area contributed by atoms with Crippen molar-refractivity contribution in [3.8, 4) is 11.5 Å². The molecule has 2 rings (SSSR count). The van der Waals surface area contributed by atoms with E-state index in [0.29, 0.717) is 12.4 Å². The Bertz CT molecular complexity index is 451. The molecule has 5 nitrogen and oxygen atoms in total. The van der Waals surface area contributed by atoms with E-state index >= 15 is 0 Å². The van der Waals surface area contributed by atoms with Crippen LogP contribution in [-0.2, 0) is 10.1 Å². The molecule has 0 bridgehead atoms. The van der Waals surface area contributed by atoms with Gasteiger partial charge in [0.2, 0.25) is 0 Å². The average molecular weight is 216 g/mol. The Morgan fingerprint density at radius 1 is 1.21 bits per heavy atom. The predicted octanol–water partition coefficient (Wildman–Crippen LogP) is 0.705. The third kappa shape index (κ3) is 1.53. The van der Waals surface area contributed by atoms with E-state index in [9.17, 15) is 8.42 Å². The predicted molar refractivity (Wildman–Crippen MR) is 47.2 cm³/mol. The Balaban J connectivity index is 2.62. The molecule has 0 saturated carbocycles. The Morgan fingerprint density at radius 2 is 1.93 bits per heavy atom. The van der Waals surface area contributed by atoms with Crippen molar-refractivity contribution in [2.24, 2.45) is 0 Å². The molecule has 0 fully saturated rings. The minimum absolute atomic E-state index is 0.0845. The van der Waals surface area contributed by atoms with E-state index in [1.165, 1.54) is 12.1 Å². The van der Waals surface area contributed by atoms with Crippen molar-refractivity contribution in [2.45, 2.75) is 4.90 Å². The van der Waals surface area contributed by atoms with E-state index < -0.39 is 10.1 Å². The van der Waals surface area contributed by atoms with Crippen molar-refractivity contribution < 1.29 is 22.4 Å². The van der Waals surface area contributed by atoms with Crippen LogP contribution in [0.25, 0.3) is 0 Å². The van der Waals surface area contributed by atoms with E-state index in [4.69, 9.17) is 14.0 Å². The lowest BCUT2D eigenvalue weighted by atomic mass is 10.3. The summed E-state index contributed by atoms with van der Waals surface area (Å²) >= 11 is 0. The summed E-state index contributed by atoms with van der Waals surface area (Å²) in [6, 6.07) is 4.34. The molecule has 1 aromatic carbocycles. The molecular weight excluding hydrogens is 208 g/mol. The lowest BCUT2D eigenvalue weighted by Gasteiger charge is -2.19. The second kappa shape index (κ2) is 3.14. The molecular formula is C8H8O5S. The molecule has 0 unspecified atom stereocenters. The van der Waals surface area contributed by atoms with E-state index in [2.05, 4.69) is 0 Å². The lowest BCUT2D eigenvalue weighted by Crippen LogP contribution is -2.17. The molecule has 1 heterocycles. The fraction of sp³-hybridized carbons (Fsp3) is 0.250. The number of fused-ring (bicyclic) bond motifs is 1. The number of benzene rings is 1. The normalized spacial score (nSPS) is 15.2. The third-order valence-corrected chi connectivity index (χ3v) is 2.69. The summed E-state index contributed by atoms with van der Waals surface area (Å²) in [5.74, 6) is 0.424. The Hall–Kier alpha value is -1.27. The van der Waals surface area contributed by atoms with Gasteiger partial charge in [0.1, 0.15) is 18.1 Å². The summed E-state index contributed by atoms with van der Waals surface area (Å²) in [7, 11) is -4.25. The number of hydrogen-bond donors (Lipinski definition) is 1. The standard InChI is InChI=1S/C8H8O5S/c9-14(10,11)7-3-1-2-6-8(7)13-5-4-12-6/h1-3H,4-5H2,(H,9,10,11). The largest absolute Gasteiger partial charge is 0.486 e. The van der Waals surface area contributed by atoms with Crippen LogP contribution in [0.3, 0.4) is 0 Å². The minimum atomic E-state index is -4.25. The number of ether oxygens (including phenoxy) is 2. The summed E-state index contributed by atoms with van der Waals surface area (Å²) in [4.78, 5) is -0.255. The highest BCUT2D eigenvalue weighted by Gasteiger charge is 2.22. The zero-order chi connectivity index (χ0) is 10.2. The third-order valence-electron chi connectivity index (χ3n) is 1.81. The minimum Gasteiger partial charge on any atom is -0.486 e. The Labute approximate surface area is 81.0 Å². The van der Waals surface area contributed by atoms with E-state index in [0.717, 1.165) is 0 Å². The quantitative estimate of drug-likeness (QED) is 0.700. The van der Waals surface area contributed by atoms with Crippen molar-refractivity contribution in [2.75, 3.05) is 13.2 Å². The molecule has 6 heteroatoms. The van der Waals surface area contributed by atoms with Crippen LogP contribution in [0.15, 0.2) is 23.1 Å². The van der Waals surface area contributed by atoms with Crippen LogP contribution >= 0.6 is 0 Å². The zero-order valence-corrected chi connectivity index (χ0v) is 7.95. The van der Waals surface area contributed by atoms with Crippen molar-refractivity contribution in [1.29, 1.82) is 0 Å². The van der Waals surface area contributed by atoms with Crippen molar-refractivity contribution in [1.82, 2.24) is 0 Å². The molecule has 76 valence electrons. The monoisotopic (exact) mass is 216 g/mol. The molecule has 0 aromatic heterocycles. The average Bonchev–Trinajstić information content (AvgIpc) is 2.15. The molecule has 0 saturated heterocycles. The van der Waals surface area contributed by atoms with Crippen molar-refractivity contribution >= 4 is 10.1 Å². The second-order valence-corrected chi connectivity index (χ2v) is 4.15. The van der Waals surface area contributed by atoms with Gasteiger partial charge in [-0.05, 0) is 12.1 Å². The van der Waals surface area contributed by atoms with E-state index in [-0.39, 0.29) is 17.3 Å². The van der Waals surface area contributed by atoms with Crippen LogP contribution in [0.4, 0.5) is 0 Å². The summed E-state index contributed by atoms with van der Waals surface area (Å²) in [5.41, 5.74) is 0. The number of rotatable bonds is 1. The lowest BCUT2D eigenvalue weighted by molar-refractivity contribution is 0.166. The molecule has 0 aliphatic carbocycles. The summed E-state index contributed by atoms with van der Waals surface area (Å²) in [6.07, 6.45) is 0. The Kier molecular flexibility index (Phi) is 2.09. The maximum Gasteiger partial charge on any atom is 0.298 e. The highest BCUT2D eigenvalue weighted by atomic mass is 32.2. The summed E-state index contributed by atoms with van der Waals surface area (Å²) in [6.45, 7) is 0.654. The SMILES string of the molecule is O=S(=O)(O)c1cccc2c1OCCO2. The fourth-order valence-electron chi connectivity index (χ4n) is 1.25. The first kappa shape index (κ1) is 9.29. The second-order valence-electron chi connectivity index (χ2n) is 2.76. The van der Waals surface area contributed by atoms with Gasteiger partial charge in [0, 0.05) is 0 Å². The van der Waals surface area contributed by atoms with Crippen LogP contribution in [0.2, 0.25) is 0 Å². The number of hydrogen-bond acceptors (Lipinski definition) is 4. The highest BCUT2D eigenvalue weighted by Crippen LogP contribution is 2.35. The first-order valence-corrected chi connectivity index (χ1v) is 5.39. The van der Waals surface area contributed by atoms with Gasteiger partial charge in [-0.25, -0.2) is 0 Å². The molecule has 1 N–H and O–H groups in total. The van der Waals surface area contributed by atoms with Gasteiger partial charge in [-0.2, -0.15) is 8.42 Å². The van der Waals surface area contributed by atoms with Crippen LogP contribution < -0.4 is 9.47 Å². The van der Waals surface area contributed by atoms with Crippen LogP contribution in [0.1, 0.15) is 0 Å². The zero-order valence-electron chi connectivity index (χ0n) is 7.13. The van der Waals surface area contributed by atoms with Crippen LogP contribution in [0, 0.1) is 0 Å². The first-order chi connectivity index (χ1) is 6.59. The smallest absolute Gasteiger partial charge is 0.298 e. The Morgan fingerprint density at radius 3 is 2.64 bits per heavy atom. The summed E-state index contributed by atoms with van der Waals surface area (Å²) in [5, 5.41) is 0. The van der Waals surface area contributed by atoms with Gasteiger partial charge in [-0.15, -0.1) is 0 Å².